The smallest absolute Gasteiger partial charge is 0.274 e. The lowest BCUT2D eigenvalue weighted by atomic mass is 10.2. The summed E-state index contributed by atoms with van der Waals surface area (Å²) in [5.74, 6) is 0.223. The van der Waals surface area contributed by atoms with Gasteiger partial charge in [-0.15, -0.1) is 0 Å². The molecule has 112 valence electrons. The molecule has 2 rings (SSSR count). The third kappa shape index (κ3) is 3.79. The van der Waals surface area contributed by atoms with Crippen LogP contribution in [-0.2, 0) is 0 Å². The first-order valence-corrected chi connectivity index (χ1v) is 7.03. The van der Waals surface area contributed by atoms with Crippen molar-refractivity contribution in [3.05, 3.63) is 47.9 Å². The predicted molar refractivity (Wildman–Crippen MR) is 84.5 cm³/mol. The minimum absolute atomic E-state index is 0.244. The molecule has 0 aliphatic rings. The molecule has 2 aromatic rings. The quantitative estimate of drug-likeness (QED) is 0.885. The van der Waals surface area contributed by atoms with Gasteiger partial charge in [-0.1, -0.05) is 19.1 Å². The van der Waals surface area contributed by atoms with Crippen LogP contribution in [-0.4, -0.2) is 21.9 Å². The fourth-order valence-corrected chi connectivity index (χ4v) is 1.79. The molecule has 1 atom stereocenters. The lowest BCUT2D eigenvalue weighted by Crippen LogP contribution is -2.18. The van der Waals surface area contributed by atoms with Crippen molar-refractivity contribution in [3.8, 4) is 6.07 Å². The number of anilines is 2. The van der Waals surface area contributed by atoms with E-state index in [9.17, 15) is 4.79 Å². The standard InChI is InChI=1S/C16H17N5O/c1-3-11(2)20-15-8-14(18-10-19-15)16(22)21-13-7-5-4-6-12(13)9-17/h4-8,10-11H,3H2,1-2H3,(H,21,22)(H,18,19,20). The van der Waals surface area contributed by atoms with Crippen molar-refractivity contribution < 1.29 is 4.79 Å². The fraction of sp³-hybridized carbons (Fsp3) is 0.250. The first kappa shape index (κ1) is 15.4. The van der Waals surface area contributed by atoms with Crippen LogP contribution in [0.3, 0.4) is 0 Å². The van der Waals surface area contributed by atoms with Crippen LogP contribution in [0.25, 0.3) is 0 Å². The summed E-state index contributed by atoms with van der Waals surface area (Å²) >= 11 is 0. The number of hydrogen-bond acceptors (Lipinski definition) is 5. The molecule has 1 amide bonds. The molecule has 1 aromatic heterocycles. The Kier molecular flexibility index (Phi) is 5.04. The number of aromatic nitrogens is 2. The Morgan fingerprint density at radius 2 is 2.14 bits per heavy atom. The molecule has 6 heteroatoms. The second kappa shape index (κ2) is 7.18. The zero-order chi connectivity index (χ0) is 15.9. The molecule has 1 heterocycles. The maximum atomic E-state index is 12.3. The van der Waals surface area contributed by atoms with Crippen molar-refractivity contribution >= 4 is 17.4 Å². The van der Waals surface area contributed by atoms with Crippen molar-refractivity contribution in [3.63, 3.8) is 0 Å². The second-order valence-electron chi connectivity index (χ2n) is 4.85. The van der Waals surface area contributed by atoms with E-state index in [1.54, 1.807) is 30.3 Å². The summed E-state index contributed by atoms with van der Waals surface area (Å²) in [6.07, 6.45) is 2.29. The molecule has 0 spiro atoms. The van der Waals surface area contributed by atoms with Gasteiger partial charge >= 0.3 is 0 Å². The second-order valence-corrected chi connectivity index (χ2v) is 4.85. The Labute approximate surface area is 129 Å². The summed E-state index contributed by atoms with van der Waals surface area (Å²) in [6.45, 7) is 4.09. The van der Waals surface area contributed by atoms with Gasteiger partial charge in [0, 0.05) is 12.1 Å². The minimum Gasteiger partial charge on any atom is -0.368 e. The number of carbonyl (C=O) groups is 1. The molecular formula is C16H17N5O. The summed E-state index contributed by atoms with van der Waals surface area (Å²) in [4.78, 5) is 20.3. The van der Waals surface area contributed by atoms with E-state index in [4.69, 9.17) is 5.26 Å². The Balaban J connectivity index is 2.16. The third-order valence-electron chi connectivity index (χ3n) is 3.20. The van der Waals surface area contributed by atoms with Crippen molar-refractivity contribution in [1.29, 1.82) is 5.26 Å². The van der Waals surface area contributed by atoms with Crippen LogP contribution in [0.5, 0.6) is 0 Å². The van der Waals surface area contributed by atoms with Crippen LogP contribution >= 0.6 is 0 Å². The van der Waals surface area contributed by atoms with Crippen LogP contribution < -0.4 is 10.6 Å². The van der Waals surface area contributed by atoms with E-state index < -0.39 is 0 Å². The van der Waals surface area contributed by atoms with Gasteiger partial charge in [0.05, 0.1) is 11.3 Å². The number of benzene rings is 1. The SMILES string of the molecule is CCC(C)Nc1cc(C(=O)Nc2ccccc2C#N)ncn1. The van der Waals surface area contributed by atoms with Gasteiger partial charge in [0.2, 0.25) is 0 Å². The van der Waals surface area contributed by atoms with Crippen LogP contribution in [0.2, 0.25) is 0 Å². The van der Waals surface area contributed by atoms with Crippen LogP contribution in [0.4, 0.5) is 11.5 Å². The first-order valence-electron chi connectivity index (χ1n) is 7.03. The van der Waals surface area contributed by atoms with Gasteiger partial charge in [-0.3, -0.25) is 4.79 Å². The van der Waals surface area contributed by atoms with Gasteiger partial charge in [-0.05, 0) is 25.5 Å². The molecule has 0 aliphatic heterocycles. The number of rotatable bonds is 5. The number of amides is 1. The number of nitriles is 1. The molecule has 0 radical (unpaired) electrons. The van der Waals surface area contributed by atoms with Gasteiger partial charge in [0.25, 0.3) is 5.91 Å². The zero-order valence-electron chi connectivity index (χ0n) is 12.5. The fourth-order valence-electron chi connectivity index (χ4n) is 1.79. The van der Waals surface area contributed by atoms with E-state index in [0.717, 1.165) is 6.42 Å². The minimum atomic E-state index is -0.377. The number of nitrogens with one attached hydrogen (secondary N) is 2. The van der Waals surface area contributed by atoms with E-state index in [1.807, 2.05) is 13.0 Å². The summed E-state index contributed by atoms with van der Waals surface area (Å²) in [5.41, 5.74) is 1.11. The van der Waals surface area contributed by atoms with Crippen molar-refractivity contribution in [1.82, 2.24) is 9.97 Å². The van der Waals surface area contributed by atoms with E-state index in [2.05, 4.69) is 27.5 Å². The molecule has 2 N–H and O–H groups in total. The highest BCUT2D eigenvalue weighted by molar-refractivity contribution is 6.03. The van der Waals surface area contributed by atoms with E-state index >= 15 is 0 Å². The molecule has 22 heavy (non-hydrogen) atoms. The van der Waals surface area contributed by atoms with Crippen molar-refractivity contribution in [2.24, 2.45) is 0 Å². The van der Waals surface area contributed by atoms with Crippen molar-refractivity contribution in [2.45, 2.75) is 26.3 Å². The van der Waals surface area contributed by atoms with Gasteiger partial charge in [-0.25, -0.2) is 9.97 Å². The normalized spacial score (nSPS) is 11.3. The van der Waals surface area contributed by atoms with Crippen LogP contribution in [0.15, 0.2) is 36.7 Å². The summed E-state index contributed by atoms with van der Waals surface area (Å²) < 4.78 is 0. The predicted octanol–water partition coefficient (Wildman–Crippen LogP) is 2.81. The Morgan fingerprint density at radius 1 is 1.36 bits per heavy atom. The van der Waals surface area contributed by atoms with Gasteiger partial charge < -0.3 is 10.6 Å². The highest BCUT2D eigenvalue weighted by Gasteiger charge is 2.11. The Bertz CT molecular complexity index is 708. The molecule has 0 aliphatic carbocycles. The molecule has 1 aromatic carbocycles. The number of carbonyl (C=O) groups excluding carboxylic acids is 1. The van der Waals surface area contributed by atoms with Gasteiger partial charge in [-0.2, -0.15) is 5.26 Å². The largest absolute Gasteiger partial charge is 0.368 e. The third-order valence-corrected chi connectivity index (χ3v) is 3.20. The molecule has 0 saturated heterocycles. The average molecular weight is 295 g/mol. The topological polar surface area (TPSA) is 90.7 Å². The molecule has 6 nitrogen and oxygen atoms in total. The van der Waals surface area contributed by atoms with E-state index in [0.29, 0.717) is 17.1 Å². The van der Waals surface area contributed by atoms with E-state index in [1.165, 1.54) is 6.33 Å². The number of para-hydroxylation sites is 1. The van der Waals surface area contributed by atoms with Gasteiger partial charge in [0.15, 0.2) is 0 Å². The molecular weight excluding hydrogens is 278 g/mol. The highest BCUT2D eigenvalue weighted by atomic mass is 16.1. The summed E-state index contributed by atoms with van der Waals surface area (Å²) in [7, 11) is 0. The zero-order valence-corrected chi connectivity index (χ0v) is 12.5. The molecule has 1 unspecified atom stereocenters. The number of nitrogens with zero attached hydrogens (tertiary/aromatic N) is 3. The van der Waals surface area contributed by atoms with Crippen LogP contribution in [0.1, 0.15) is 36.3 Å². The summed E-state index contributed by atoms with van der Waals surface area (Å²) in [5, 5.41) is 14.9. The Hall–Kier alpha value is -2.94. The first-order chi connectivity index (χ1) is 10.6. The number of hydrogen-bond donors (Lipinski definition) is 2. The van der Waals surface area contributed by atoms with Crippen LogP contribution in [0, 0.1) is 11.3 Å². The van der Waals surface area contributed by atoms with Crippen molar-refractivity contribution in [2.75, 3.05) is 10.6 Å². The lowest BCUT2D eigenvalue weighted by molar-refractivity contribution is 0.102. The monoisotopic (exact) mass is 295 g/mol. The molecule has 0 fully saturated rings. The maximum absolute atomic E-state index is 12.3. The van der Waals surface area contributed by atoms with Gasteiger partial charge in [0.1, 0.15) is 23.9 Å². The molecule has 0 bridgehead atoms. The molecule has 0 saturated carbocycles. The Morgan fingerprint density at radius 3 is 2.86 bits per heavy atom. The average Bonchev–Trinajstić information content (AvgIpc) is 2.55. The summed E-state index contributed by atoms with van der Waals surface area (Å²) in [6, 6.07) is 10.7. The van der Waals surface area contributed by atoms with E-state index in [-0.39, 0.29) is 17.6 Å². The maximum Gasteiger partial charge on any atom is 0.274 e. The lowest BCUT2D eigenvalue weighted by Gasteiger charge is -2.12. The highest BCUT2D eigenvalue weighted by Crippen LogP contribution is 2.15.